The number of hydrogen-bond donors (Lipinski definition) is 2. The molecule has 4 aromatic rings. The second-order valence-corrected chi connectivity index (χ2v) is 6.85. The van der Waals surface area contributed by atoms with Crippen LogP contribution in [0.15, 0.2) is 72.8 Å². The Morgan fingerprint density at radius 1 is 1.03 bits per heavy atom. The molecule has 4 rings (SSSR count). The number of anilines is 2. The van der Waals surface area contributed by atoms with E-state index in [4.69, 9.17) is 0 Å². The number of para-hydroxylation sites is 2. The molecule has 0 unspecified atom stereocenters. The van der Waals surface area contributed by atoms with Crippen LogP contribution in [0.3, 0.4) is 0 Å². The average molecular weight is 401 g/mol. The van der Waals surface area contributed by atoms with Crippen molar-refractivity contribution in [2.45, 2.75) is 13.5 Å². The maximum absolute atomic E-state index is 12.6. The van der Waals surface area contributed by atoms with E-state index in [1.54, 1.807) is 13.0 Å². The van der Waals surface area contributed by atoms with Crippen molar-refractivity contribution >= 4 is 34.4 Å². The van der Waals surface area contributed by atoms with Gasteiger partial charge in [0.1, 0.15) is 5.69 Å². The largest absolute Gasteiger partial charge is 0.326 e. The third kappa shape index (κ3) is 3.97. The zero-order valence-electron chi connectivity index (χ0n) is 16.2. The van der Waals surface area contributed by atoms with Crippen LogP contribution >= 0.6 is 0 Å². The van der Waals surface area contributed by atoms with Crippen LogP contribution in [0.4, 0.5) is 22.1 Å². The average Bonchev–Trinajstić information content (AvgIpc) is 3.07. The van der Waals surface area contributed by atoms with Crippen LogP contribution in [-0.2, 0) is 6.54 Å². The lowest BCUT2D eigenvalue weighted by atomic mass is 10.2. The molecule has 8 nitrogen and oxygen atoms in total. The van der Waals surface area contributed by atoms with E-state index < -0.39 is 11.0 Å². The highest BCUT2D eigenvalue weighted by Gasteiger charge is 2.18. The molecule has 0 saturated carbocycles. The monoisotopic (exact) mass is 401 g/mol. The number of nitrogens with one attached hydrogen (secondary N) is 2. The van der Waals surface area contributed by atoms with Gasteiger partial charge in [0.05, 0.1) is 22.5 Å². The number of rotatable bonds is 5. The molecule has 0 radical (unpaired) electrons. The summed E-state index contributed by atoms with van der Waals surface area (Å²) >= 11 is 0. The van der Waals surface area contributed by atoms with Gasteiger partial charge in [0.25, 0.3) is 5.69 Å². The molecular weight excluding hydrogens is 382 g/mol. The van der Waals surface area contributed by atoms with Crippen molar-refractivity contribution in [2.24, 2.45) is 0 Å². The van der Waals surface area contributed by atoms with E-state index in [0.29, 0.717) is 12.5 Å². The van der Waals surface area contributed by atoms with Crippen LogP contribution in [0.1, 0.15) is 11.1 Å². The van der Waals surface area contributed by atoms with Gasteiger partial charge in [-0.05, 0) is 36.2 Å². The van der Waals surface area contributed by atoms with Crippen LogP contribution in [0.5, 0.6) is 0 Å². The molecule has 0 spiro atoms. The van der Waals surface area contributed by atoms with E-state index in [9.17, 15) is 14.9 Å². The smallest absolute Gasteiger partial charge is 0.305 e. The lowest BCUT2D eigenvalue weighted by Crippen LogP contribution is -2.22. The summed E-state index contributed by atoms with van der Waals surface area (Å²) in [5, 5.41) is 16.6. The lowest BCUT2D eigenvalue weighted by Gasteiger charge is -2.11. The Morgan fingerprint density at radius 3 is 2.53 bits per heavy atom. The zero-order chi connectivity index (χ0) is 21.1. The number of imidazole rings is 1. The minimum absolute atomic E-state index is 0.119. The maximum atomic E-state index is 12.6. The predicted molar refractivity (Wildman–Crippen MR) is 116 cm³/mol. The van der Waals surface area contributed by atoms with Crippen molar-refractivity contribution in [3.8, 4) is 0 Å². The number of fused-ring (bicyclic) bond motifs is 1. The molecule has 0 bridgehead atoms. The minimum atomic E-state index is -0.605. The highest BCUT2D eigenvalue weighted by Crippen LogP contribution is 2.26. The first-order valence-electron chi connectivity index (χ1n) is 9.33. The van der Waals surface area contributed by atoms with Gasteiger partial charge < -0.3 is 9.88 Å². The Hall–Kier alpha value is -4.20. The highest BCUT2D eigenvalue weighted by molar-refractivity contribution is 6.01. The standard InChI is InChI=1S/C22H19N5O3/c1-15-11-12-18(20(13-15)27(29)30)24-22(28)25-21-23-17-9-5-6-10-19(17)26(21)14-16-7-3-2-4-8-16/h2-13H,14H2,1H3,(H2,23,24,25,28). The van der Waals surface area contributed by atoms with Gasteiger partial charge in [-0.25, -0.2) is 9.78 Å². The van der Waals surface area contributed by atoms with Gasteiger partial charge >= 0.3 is 6.03 Å². The number of amides is 2. The van der Waals surface area contributed by atoms with Gasteiger partial charge in [-0.3, -0.25) is 15.4 Å². The van der Waals surface area contributed by atoms with Crippen LogP contribution in [0.2, 0.25) is 0 Å². The molecule has 3 aromatic carbocycles. The van der Waals surface area contributed by atoms with E-state index in [-0.39, 0.29) is 11.4 Å². The SMILES string of the molecule is Cc1ccc(NC(=O)Nc2nc3ccccc3n2Cc2ccccc2)c([N+](=O)[O-])c1. The molecule has 0 aliphatic rings. The molecule has 1 aromatic heterocycles. The summed E-state index contributed by atoms with van der Waals surface area (Å²) in [6.45, 7) is 2.27. The summed E-state index contributed by atoms with van der Waals surface area (Å²) in [5.41, 5.74) is 3.36. The normalized spacial score (nSPS) is 10.7. The topological polar surface area (TPSA) is 102 Å². The van der Waals surface area contributed by atoms with Crippen molar-refractivity contribution < 1.29 is 9.72 Å². The number of urea groups is 1. The van der Waals surface area contributed by atoms with Crippen molar-refractivity contribution in [3.63, 3.8) is 0 Å². The molecule has 0 fully saturated rings. The summed E-state index contributed by atoms with van der Waals surface area (Å²) in [7, 11) is 0. The van der Waals surface area contributed by atoms with Gasteiger partial charge in [0, 0.05) is 6.07 Å². The van der Waals surface area contributed by atoms with Gasteiger partial charge in [-0.2, -0.15) is 0 Å². The molecule has 2 N–H and O–H groups in total. The summed E-state index contributed by atoms with van der Waals surface area (Å²) in [4.78, 5) is 27.9. The summed E-state index contributed by atoms with van der Waals surface area (Å²) < 4.78 is 1.90. The molecule has 30 heavy (non-hydrogen) atoms. The second kappa shape index (κ2) is 8.04. The first kappa shape index (κ1) is 19.1. The van der Waals surface area contributed by atoms with Crippen molar-refractivity contribution in [1.29, 1.82) is 0 Å². The van der Waals surface area contributed by atoms with E-state index >= 15 is 0 Å². The molecular formula is C22H19N5O3. The minimum Gasteiger partial charge on any atom is -0.305 e. The first-order chi connectivity index (χ1) is 14.5. The van der Waals surface area contributed by atoms with Crippen LogP contribution in [0.25, 0.3) is 11.0 Å². The van der Waals surface area contributed by atoms with Gasteiger partial charge in [0.15, 0.2) is 0 Å². The number of benzene rings is 3. The van der Waals surface area contributed by atoms with Gasteiger partial charge in [0.2, 0.25) is 5.95 Å². The summed E-state index contributed by atoms with van der Waals surface area (Å²) in [5.74, 6) is 0.354. The number of aryl methyl sites for hydroxylation is 1. The fraction of sp³-hybridized carbons (Fsp3) is 0.0909. The zero-order valence-corrected chi connectivity index (χ0v) is 16.2. The number of carbonyl (C=O) groups is 1. The molecule has 0 saturated heterocycles. The Bertz CT molecular complexity index is 1230. The molecule has 8 heteroatoms. The Labute approximate surface area is 172 Å². The molecule has 0 aliphatic carbocycles. The maximum Gasteiger partial charge on any atom is 0.326 e. The van der Waals surface area contributed by atoms with Crippen LogP contribution < -0.4 is 10.6 Å². The second-order valence-electron chi connectivity index (χ2n) is 6.85. The van der Waals surface area contributed by atoms with E-state index in [0.717, 1.165) is 22.2 Å². The molecule has 2 amide bonds. The number of hydrogen-bond acceptors (Lipinski definition) is 4. The fourth-order valence-corrected chi connectivity index (χ4v) is 3.25. The third-order valence-electron chi connectivity index (χ3n) is 4.66. The fourth-order valence-electron chi connectivity index (χ4n) is 3.25. The number of carbonyl (C=O) groups excluding carboxylic acids is 1. The summed E-state index contributed by atoms with van der Waals surface area (Å²) in [6, 6.07) is 21.4. The van der Waals surface area contributed by atoms with E-state index in [1.807, 2.05) is 59.2 Å². The van der Waals surface area contributed by atoms with Crippen LogP contribution in [-0.4, -0.2) is 20.5 Å². The van der Waals surface area contributed by atoms with Crippen molar-refractivity contribution in [2.75, 3.05) is 10.6 Å². The quantitative estimate of drug-likeness (QED) is 0.365. The van der Waals surface area contributed by atoms with E-state index in [2.05, 4.69) is 15.6 Å². The van der Waals surface area contributed by atoms with E-state index in [1.165, 1.54) is 12.1 Å². The third-order valence-corrected chi connectivity index (χ3v) is 4.66. The molecule has 0 atom stereocenters. The Morgan fingerprint density at radius 2 is 1.77 bits per heavy atom. The Kier molecular flexibility index (Phi) is 5.13. The van der Waals surface area contributed by atoms with Crippen LogP contribution in [0, 0.1) is 17.0 Å². The number of nitro groups is 1. The lowest BCUT2D eigenvalue weighted by molar-refractivity contribution is -0.384. The molecule has 0 aliphatic heterocycles. The Balaban J connectivity index is 1.63. The van der Waals surface area contributed by atoms with Crippen molar-refractivity contribution in [3.05, 3.63) is 94.0 Å². The molecule has 1 heterocycles. The van der Waals surface area contributed by atoms with Crippen molar-refractivity contribution in [1.82, 2.24) is 9.55 Å². The first-order valence-corrected chi connectivity index (χ1v) is 9.33. The molecule has 150 valence electrons. The van der Waals surface area contributed by atoms with Gasteiger partial charge in [-0.15, -0.1) is 0 Å². The highest BCUT2D eigenvalue weighted by atomic mass is 16.6. The number of nitrogens with zero attached hydrogens (tertiary/aromatic N) is 3. The number of aromatic nitrogens is 2. The number of nitro benzene ring substituents is 1. The van der Waals surface area contributed by atoms with Gasteiger partial charge in [-0.1, -0.05) is 48.5 Å². The predicted octanol–water partition coefficient (Wildman–Crippen LogP) is 4.95. The summed E-state index contributed by atoms with van der Waals surface area (Å²) in [6.07, 6.45) is 0.